The molecule has 44 heavy (non-hydrogen) atoms. The van der Waals surface area contributed by atoms with Crippen molar-refractivity contribution >= 4 is 23.7 Å². The van der Waals surface area contributed by atoms with Gasteiger partial charge in [-0.1, -0.05) is 43.7 Å². The molecule has 1 aromatic carbocycles. The molecular formula is C31H31F3N4O6. The summed E-state index contributed by atoms with van der Waals surface area (Å²) < 4.78 is 43.0. The highest BCUT2D eigenvalue weighted by Crippen LogP contribution is 2.32. The van der Waals surface area contributed by atoms with Crippen molar-refractivity contribution in [2.75, 3.05) is 12.8 Å². The number of ether oxygens (including phenoxy) is 1. The number of esters is 1. The number of hydrogen-bond acceptors (Lipinski definition) is 8. The van der Waals surface area contributed by atoms with Gasteiger partial charge < -0.3 is 20.7 Å². The second-order valence-corrected chi connectivity index (χ2v) is 10.1. The normalized spacial score (nSPS) is 15.9. The van der Waals surface area contributed by atoms with Crippen LogP contribution in [0.2, 0.25) is 0 Å². The van der Waals surface area contributed by atoms with Gasteiger partial charge in [-0.15, -0.1) is 0 Å². The van der Waals surface area contributed by atoms with E-state index in [2.05, 4.69) is 15.0 Å². The minimum atomic E-state index is -4.41. The molecule has 0 bridgehead atoms. The number of nitrogens with zero attached hydrogens (tertiary/aromatic N) is 3. The molecule has 3 aromatic rings. The lowest BCUT2D eigenvalue weighted by atomic mass is 9.80. The summed E-state index contributed by atoms with van der Waals surface area (Å²) in [4.78, 5) is 46.3. The summed E-state index contributed by atoms with van der Waals surface area (Å²) in [6.07, 6.45) is 5.60. The van der Waals surface area contributed by atoms with Gasteiger partial charge in [0.25, 0.3) is 0 Å². The van der Waals surface area contributed by atoms with Crippen LogP contribution in [0.25, 0.3) is 22.5 Å². The van der Waals surface area contributed by atoms with Crippen molar-refractivity contribution in [2.24, 2.45) is 5.41 Å². The highest BCUT2D eigenvalue weighted by Gasteiger charge is 2.34. The third-order valence-corrected chi connectivity index (χ3v) is 6.82. The molecule has 0 amide bonds. The molecule has 4 rings (SSSR count). The zero-order chi connectivity index (χ0) is 32.7. The van der Waals surface area contributed by atoms with Crippen LogP contribution in [0, 0.1) is 5.41 Å². The predicted octanol–water partition coefficient (Wildman–Crippen LogP) is 5.98. The van der Waals surface area contributed by atoms with Crippen LogP contribution in [-0.2, 0) is 26.9 Å². The first-order valence-corrected chi connectivity index (χ1v) is 13.4. The second-order valence-electron chi connectivity index (χ2n) is 10.1. The fraction of sp³-hybridized carbons (Fsp3) is 0.290. The number of anilines is 1. The molecule has 0 saturated heterocycles. The lowest BCUT2D eigenvalue weighted by molar-refractivity contribution is -0.145. The van der Waals surface area contributed by atoms with Crippen molar-refractivity contribution in [2.45, 2.75) is 45.7 Å². The standard InChI is InChI=1S/C22H21F3N4O2.C9H10O4/c1-3-4-5-18-16(10-17(19(26)29-18)21(30)31-2)14-11-27-20(28-12-14)13-6-8-15(9-7-13)22(23,24)25;1-9(8(12)13)4-2-3-6(5-9)7(10)11/h6-12H,3-5H2,1-2H3,(H2,26,29);2-4H,5H2,1H3,(H,10,11)(H,12,13)/t;9-/m.1/s1. The molecule has 1 aliphatic carbocycles. The number of rotatable bonds is 8. The first-order valence-electron chi connectivity index (χ1n) is 13.4. The fourth-order valence-corrected chi connectivity index (χ4v) is 4.23. The third kappa shape index (κ3) is 8.06. The number of carboxylic acids is 2. The van der Waals surface area contributed by atoms with Gasteiger partial charge in [-0.2, -0.15) is 13.2 Å². The van der Waals surface area contributed by atoms with E-state index in [4.69, 9.17) is 20.7 Å². The Bertz CT molecular complexity index is 1590. The van der Waals surface area contributed by atoms with E-state index < -0.39 is 35.1 Å². The van der Waals surface area contributed by atoms with Gasteiger partial charge in [0.1, 0.15) is 11.4 Å². The molecule has 0 radical (unpaired) electrons. The number of methoxy groups -OCH3 is 1. The number of halogens is 3. The number of hydrogen-bond donors (Lipinski definition) is 3. The Morgan fingerprint density at radius 1 is 1.07 bits per heavy atom. The molecule has 1 aliphatic rings. The van der Waals surface area contributed by atoms with Gasteiger partial charge in [0.2, 0.25) is 0 Å². The summed E-state index contributed by atoms with van der Waals surface area (Å²) in [5, 5.41) is 17.5. The Morgan fingerprint density at radius 2 is 1.70 bits per heavy atom. The molecular weight excluding hydrogens is 581 g/mol. The molecule has 0 spiro atoms. The van der Waals surface area contributed by atoms with Crippen molar-refractivity contribution < 1.29 is 42.5 Å². The van der Waals surface area contributed by atoms with E-state index >= 15 is 0 Å². The van der Waals surface area contributed by atoms with Gasteiger partial charge in [-0.05, 0) is 44.4 Å². The molecule has 13 heteroatoms. The van der Waals surface area contributed by atoms with E-state index in [1.807, 2.05) is 6.92 Å². The Kier molecular flexibility index (Phi) is 10.6. The van der Waals surface area contributed by atoms with Gasteiger partial charge in [0.15, 0.2) is 5.82 Å². The van der Waals surface area contributed by atoms with Gasteiger partial charge in [-0.25, -0.2) is 24.5 Å². The first-order chi connectivity index (χ1) is 20.7. The van der Waals surface area contributed by atoms with Crippen molar-refractivity contribution in [3.05, 3.63) is 83.3 Å². The topological polar surface area (TPSA) is 166 Å². The number of nitrogens with two attached hydrogens (primary N) is 1. The van der Waals surface area contributed by atoms with Crippen molar-refractivity contribution in [3.8, 4) is 22.5 Å². The Hall–Kier alpha value is -5.07. The van der Waals surface area contributed by atoms with Gasteiger partial charge in [0, 0.05) is 34.7 Å². The Balaban J connectivity index is 0.000000340. The van der Waals surface area contributed by atoms with E-state index in [-0.39, 0.29) is 29.2 Å². The minimum absolute atomic E-state index is 0.0359. The number of carboxylic acid groups (broad SMARTS) is 2. The number of unbranched alkanes of at least 4 members (excludes halogenated alkanes) is 1. The minimum Gasteiger partial charge on any atom is -0.481 e. The number of aromatic nitrogens is 3. The number of aryl methyl sites for hydroxylation is 1. The fourth-order valence-electron chi connectivity index (χ4n) is 4.23. The zero-order valence-corrected chi connectivity index (χ0v) is 24.2. The molecule has 1 atom stereocenters. The van der Waals surface area contributed by atoms with Gasteiger partial charge in [0.05, 0.1) is 23.8 Å². The van der Waals surface area contributed by atoms with Crippen LogP contribution < -0.4 is 5.73 Å². The predicted molar refractivity (Wildman–Crippen MR) is 155 cm³/mol. The maximum absolute atomic E-state index is 12.8. The van der Waals surface area contributed by atoms with E-state index in [1.54, 1.807) is 18.5 Å². The van der Waals surface area contributed by atoms with E-state index in [1.165, 1.54) is 44.4 Å². The monoisotopic (exact) mass is 612 g/mol. The van der Waals surface area contributed by atoms with Crippen LogP contribution in [0.1, 0.15) is 54.7 Å². The number of nitrogen functional groups attached to an aromatic ring is 1. The van der Waals surface area contributed by atoms with Crippen molar-refractivity contribution in [1.29, 1.82) is 0 Å². The van der Waals surface area contributed by atoms with Crippen LogP contribution in [0.5, 0.6) is 0 Å². The van der Waals surface area contributed by atoms with E-state index in [0.29, 0.717) is 28.8 Å². The zero-order valence-electron chi connectivity index (χ0n) is 24.2. The molecule has 4 N–H and O–H groups in total. The summed E-state index contributed by atoms with van der Waals surface area (Å²) in [6, 6.07) is 6.23. The number of alkyl halides is 3. The number of pyridine rings is 1. The SMILES string of the molecule is CCCCc1nc(N)c(C(=O)OC)cc1-c1cnc(-c2ccc(C(F)(F)F)cc2)nc1.C[C@@]1(C(=O)O)C=CC=C(C(=O)O)C1. The van der Waals surface area contributed by atoms with Gasteiger partial charge >= 0.3 is 24.1 Å². The molecule has 232 valence electrons. The lowest BCUT2D eigenvalue weighted by Gasteiger charge is -2.23. The average Bonchev–Trinajstić information content (AvgIpc) is 2.99. The van der Waals surface area contributed by atoms with Crippen LogP contribution in [0.3, 0.4) is 0 Å². The van der Waals surface area contributed by atoms with E-state index in [9.17, 15) is 27.6 Å². The summed E-state index contributed by atoms with van der Waals surface area (Å²) in [7, 11) is 1.26. The van der Waals surface area contributed by atoms with Crippen LogP contribution in [-0.4, -0.2) is 50.2 Å². The smallest absolute Gasteiger partial charge is 0.416 e. The Morgan fingerprint density at radius 3 is 2.23 bits per heavy atom. The third-order valence-electron chi connectivity index (χ3n) is 6.82. The second kappa shape index (κ2) is 13.9. The van der Waals surface area contributed by atoms with Crippen LogP contribution >= 0.6 is 0 Å². The molecule has 0 aliphatic heterocycles. The number of aliphatic carboxylic acids is 2. The van der Waals surface area contributed by atoms with Crippen LogP contribution in [0.4, 0.5) is 19.0 Å². The quantitative estimate of drug-likeness (QED) is 0.258. The number of carbonyl (C=O) groups is 3. The summed E-state index contributed by atoms with van der Waals surface area (Å²) in [6.45, 7) is 3.55. The van der Waals surface area contributed by atoms with Gasteiger partial charge in [-0.3, -0.25) is 4.79 Å². The van der Waals surface area contributed by atoms with Crippen LogP contribution in [0.15, 0.2) is 66.5 Å². The highest BCUT2D eigenvalue weighted by atomic mass is 19.4. The molecule has 0 saturated carbocycles. The molecule has 10 nitrogen and oxygen atoms in total. The number of benzene rings is 1. The summed E-state index contributed by atoms with van der Waals surface area (Å²) in [5.74, 6) is -2.30. The largest absolute Gasteiger partial charge is 0.481 e. The molecule has 0 fully saturated rings. The highest BCUT2D eigenvalue weighted by molar-refractivity contribution is 5.95. The lowest BCUT2D eigenvalue weighted by Crippen LogP contribution is -2.28. The maximum atomic E-state index is 12.8. The average molecular weight is 613 g/mol. The van der Waals surface area contributed by atoms with E-state index in [0.717, 1.165) is 25.0 Å². The Labute approximate surface area is 251 Å². The molecule has 2 aromatic heterocycles. The first kappa shape index (κ1) is 33.4. The summed E-state index contributed by atoms with van der Waals surface area (Å²) in [5.41, 5.74) is 6.82. The molecule has 0 unspecified atom stereocenters. The number of carbonyl (C=O) groups excluding carboxylic acids is 1. The maximum Gasteiger partial charge on any atom is 0.416 e. The number of allylic oxidation sites excluding steroid dienone is 2. The summed E-state index contributed by atoms with van der Waals surface area (Å²) >= 11 is 0. The molecule has 2 heterocycles. The van der Waals surface area contributed by atoms with Crippen molar-refractivity contribution in [3.63, 3.8) is 0 Å². The van der Waals surface area contributed by atoms with Crippen molar-refractivity contribution in [1.82, 2.24) is 15.0 Å².